The van der Waals surface area contributed by atoms with Crippen LogP contribution >= 0.6 is 11.6 Å². The van der Waals surface area contributed by atoms with Crippen LogP contribution in [0.25, 0.3) is 0 Å². The minimum absolute atomic E-state index is 0.0602. The van der Waals surface area contributed by atoms with Crippen LogP contribution in [0.2, 0.25) is 5.02 Å². The fourth-order valence-electron chi connectivity index (χ4n) is 4.82. The van der Waals surface area contributed by atoms with Gasteiger partial charge >= 0.3 is 0 Å². The van der Waals surface area contributed by atoms with Gasteiger partial charge in [0.1, 0.15) is 12.4 Å². The van der Waals surface area contributed by atoms with Gasteiger partial charge < -0.3 is 24.4 Å². The fourth-order valence-corrected chi connectivity index (χ4v) is 5.68. The summed E-state index contributed by atoms with van der Waals surface area (Å²) in [5.41, 5.74) is 1.48. The summed E-state index contributed by atoms with van der Waals surface area (Å²) in [7, 11) is -3.00. The molecular weight excluding hydrogens is 542 g/mol. The number of rotatable bonds is 8. The first-order valence-electron chi connectivity index (χ1n) is 12.4. The lowest BCUT2D eigenvalue weighted by Crippen LogP contribution is -2.58. The van der Waals surface area contributed by atoms with E-state index in [-0.39, 0.29) is 17.9 Å². The molecule has 4 heterocycles. The Kier molecular flexibility index (Phi) is 7.74. The molecule has 2 aromatic heterocycles. The van der Waals surface area contributed by atoms with Crippen molar-refractivity contribution in [2.45, 2.75) is 24.8 Å². The number of aryl methyl sites for hydroxylation is 1. The van der Waals surface area contributed by atoms with Crippen molar-refractivity contribution in [1.29, 1.82) is 5.26 Å². The number of anilines is 3. The molecule has 0 radical (unpaired) electrons. The third-order valence-electron chi connectivity index (χ3n) is 6.68. The molecule has 1 aromatic carbocycles. The van der Waals surface area contributed by atoms with E-state index in [0.29, 0.717) is 71.9 Å². The fraction of sp³-hybridized carbons (Fsp3) is 0.385. The van der Waals surface area contributed by atoms with Crippen LogP contribution in [-0.4, -0.2) is 69.0 Å². The van der Waals surface area contributed by atoms with Crippen LogP contribution < -0.4 is 19.7 Å². The van der Waals surface area contributed by atoms with Crippen molar-refractivity contribution < 1.29 is 18.4 Å². The summed E-state index contributed by atoms with van der Waals surface area (Å²) in [6.07, 6.45) is 4.46. The van der Waals surface area contributed by atoms with Gasteiger partial charge in [0.15, 0.2) is 11.2 Å². The third kappa shape index (κ3) is 5.71. The topological polar surface area (TPSA) is 135 Å². The molecule has 2 saturated heterocycles. The number of piperidine rings is 1. The first-order chi connectivity index (χ1) is 18.8. The standard InChI is InChI=1S/C26H28ClN7O4S/c1-4-37-23-24(33-21-6-5-20(7-16(21)2)39(3,35)14-28)31-15-32-25(23)38-22-17-10-34(11-18(22)13-36-12-17)26-29-8-19(27)9-30-26/h5-9,15,17-18,22H,3-4,10-13H2,1-2H3,(H,31,32,33). The Labute approximate surface area is 232 Å². The Bertz CT molecular complexity index is 1480. The van der Waals surface area contributed by atoms with Crippen molar-refractivity contribution in [3.8, 4) is 17.0 Å². The SMILES string of the molecule is C=S(=O)(C#N)c1ccc(Nc2ncnc(OC3C4COCC3CN(c3ncc(Cl)cn3)C4)c2OCC)c(C)c1. The molecule has 2 aliphatic rings. The smallest absolute Gasteiger partial charge is 0.262 e. The predicted octanol–water partition coefficient (Wildman–Crippen LogP) is 3.46. The predicted molar refractivity (Wildman–Crippen MR) is 148 cm³/mol. The zero-order valence-electron chi connectivity index (χ0n) is 21.5. The Morgan fingerprint density at radius 2 is 1.95 bits per heavy atom. The monoisotopic (exact) mass is 569 g/mol. The Morgan fingerprint density at radius 3 is 2.59 bits per heavy atom. The van der Waals surface area contributed by atoms with E-state index in [4.69, 9.17) is 25.8 Å². The highest BCUT2D eigenvalue weighted by atomic mass is 35.5. The maximum Gasteiger partial charge on any atom is 0.262 e. The molecule has 204 valence electrons. The number of thiocyanates is 1. The van der Waals surface area contributed by atoms with Gasteiger partial charge in [-0.05, 0) is 43.5 Å². The maximum absolute atomic E-state index is 12.4. The van der Waals surface area contributed by atoms with E-state index in [2.05, 4.69) is 36.0 Å². The van der Waals surface area contributed by atoms with E-state index < -0.39 is 9.52 Å². The number of aromatic nitrogens is 4. The average Bonchev–Trinajstić information content (AvgIpc) is 2.91. The van der Waals surface area contributed by atoms with Gasteiger partial charge in [0.2, 0.25) is 11.7 Å². The molecule has 0 amide bonds. The van der Waals surface area contributed by atoms with Crippen LogP contribution in [0.4, 0.5) is 17.5 Å². The molecule has 3 aromatic rings. The number of ether oxygens (including phenoxy) is 3. The van der Waals surface area contributed by atoms with Crippen molar-refractivity contribution in [3.63, 3.8) is 0 Å². The Balaban J connectivity index is 1.38. The highest BCUT2D eigenvalue weighted by Crippen LogP contribution is 2.39. The van der Waals surface area contributed by atoms with Crippen molar-refractivity contribution >= 4 is 44.4 Å². The number of nitrogens with one attached hydrogen (secondary N) is 1. The van der Waals surface area contributed by atoms with Crippen LogP contribution in [0.3, 0.4) is 0 Å². The number of hydrogen-bond donors (Lipinski definition) is 1. The zero-order valence-corrected chi connectivity index (χ0v) is 23.1. The quantitative estimate of drug-likeness (QED) is 0.315. The molecule has 2 fully saturated rings. The number of halogens is 1. The second kappa shape index (κ2) is 11.2. The number of nitriles is 1. The molecule has 0 aliphatic carbocycles. The lowest BCUT2D eigenvalue weighted by atomic mass is 9.84. The molecule has 3 unspecified atom stereocenters. The zero-order chi connectivity index (χ0) is 27.6. The lowest BCUT2D eigenvalue weighted by molar-refractivity contribution is -0.0776. The maximum atomic E-state index is 12.4. The summed E-state index contributed by atoms with van der Waals surface area (Å²) < 4.78 is 30.7. The van der Waals surface area contributed by atoms with E-state index in [9.17, 15) is 9.47 Å². The van der Waals surface area contributed by atoms with Gasteiger partial charge in [0.05, 0.1) is 46.8 Å². The molecule has 5 rings (SSSR count). The molecular formula is C26H28ClN7O4S. The van der Waals surface area contributed by atoms with Crippen molar-refractivity contribution in [3.05, 3.63) is 47.5 Å². The molecule has 1 N–H and O–H groups in total. The molecule has 0 saturated carbocycles. The van der Waals surface area contributed by atoms with E-state index in [0.717, 1.165) is 5.56 Å². The summed E-state index contributed by atoms with van der Waals surface area (Å²) in [4.78, 5) is 20.1. The van der Waals surface area contributed by atoms with Gasteiger partial charge in [-0.1, -0.05) is 11.6 Å². The molecule has 2 bridgehead atoms. The van der Waals surface area contributed by atoms with E-state index in [1.54, 1.807) is 36.0 Å². The number of nitrogens with zero attached hydrogens (tertiary/aromatic N) is 6. The van der Waals surface area contributed by atoms with Crippen LogP contribution in [0.15, 0.2) is 41.8 Å². The van der Waals surface area contributed by atoms with Gasteiger partial charge in [-0.25, -0.2) is 19.2 Å². The number of benzene rings is 1. The van der Waals surface area contributed by atoms with Crippen LogP contribution in [0, 0.1) is 29.4 Å². The van der Waals surface area contributed by atoms with Gasteiger partial charge in [0, 0.05) is 35.5 Å². The lowest BCUT2D eigenvalue weighted by Gasteiger charge is -2.46. The first kappa shape index (κ1) is 26.9. The van der Waals surface area contributed by atoms with Crippen molar-refractivity contribution in [1.82, 2.24) is 19.9 Å². The van der Waals surface area contributed by atoms with Gasteiger partial charge in [-0.2, -0.15) is 10.2 Å². The first-order valence-corrected chi connectivity index (χ1v) is 14.5. The summed E-state index contributed by atoms with van der Waals surface area (Å²) in [5.74, 6) is 5.45. The summed E-state index contributed by atoms with van der Waals surface area (Å²) >= 11 is 5.97. The average molecular weight is 570 g/mol. The highest BCUT2D eigenvalue weighted by Gasteiger charge is 2.43. The minimum Gasteiger partial charge on any atom is -0.486 e. The normalized spacial score (nSPS) is 21.9. The molecule has 3 atom stereocenters. The molecule has 13 heteroatoms. The van der Waals surface area contributed by atoms with Gasteiger partial charge in [-0.3, -0.25) is 0 Å². The van der Waals surface area contributed by atoms with Crippen LogP contribution in [0.5, 0.6) is 11.6 Å². The Hall–Kier alpha value is -3.66. The van der Waals surface area contributed by atoms with E-state index in [1.807, 2.05) is 13.8 Å². The van der Waals surface area contributed by atoms with Gasteiger partial charge in [-0.15, -0.1) is 0 Å². The second-order valence-electron chi connectivity index (χ2n) is 9.40. The van der Waals surface area contributed by atoms with Crippen LogP contribution in [0.1, 0.15) is 12.5 Å². The molecule has 0 spiro atoms. The number of hydrogen-bond acceptors (Lipinski definition) is 11. The minimum atomic E-state index is -3.00. The number of fused-ring (bicyclic) bond motifs is 2. The van der Waals surface area contributed by atoms with Crippen molar-refractivity contribution in [2.24, 2.45) is 11.8 Å². The molecule has 39 heavy (non-hydrogen) atoms. The second-order valence-corrected chi connectivity index (χ2v) is 11.8. The largest absolute Gasteiger partial charge is 0.486 e. The van der Waals surface area contributed by atoms with Gasteiger partial charge in [0.25, 0.3) is 5.88 Å². The molecule has 11 nitrogen and oxygen atoms in total. The summed E-state index contributed by atoms with van der Waals surface area (Å²) in [6, 6.07) is 5.03. The van der Waals surface area contributed by atoms with E-state index in [1.165, 1.54) is 6.33 Å². The van der Waals surface area contributed by atoms with Crippen molar-refractivity contribution in [2.75, 3.05) is 43.1 Å². The Morgan fingerprint density at radius 1 is 1.23 bits per heavy atom. The highest BCUT2D eigenvalue weighted by molar-refractivity contribution is 8.04. The van der Waals surface area contributed by atoms with E-state index >= 15 is 0 Å². The summed E-state index contributed by atoms with van der Waals surface area (Å²) in [5, 5.41) is 14.7. The molecule has 2 aliphatic heterocycles. The van der Waals surface area contributed by atoms with Crippen LogP contribution in [-0.2, 0) is 14.3 Å². The third-order valence-corrected chi connectivity index (χ3v) is 8.18. The summed E-state index contributed by atoms with van der Waals surface area (Å²) in [6.45, 7) is 6.49.